The van der Waals surface area contributed by atoms with Gasteiger partial charge in [-0.3, -0.25) is 9.69 Å². The molecule has 4 atom stereocenters. The van der Waals surface area contributed by atoms with Gasteiger partial charge in [-0.2, -0.15) is 5.26 Å². The number of hydrogen-bond acceptors (Lipinski definition) is 6. The molecule has 0 spiro atoms. The van der Waals surface area contributed by atoms with Crippen molar-refractivity contribution in [1.82, 2.24) is 4.90 Å². The summed E-state index contributed by atoms with van der Waals surface area (Å²) in [5, 5.41) is 10.1. The first-order chi connectivity index (χ1) is 11.3. The molecule has 2 aliphatic rings. The van der Waals surface area contributed by atoms with Gasteiger partial charge in [0.1, 0.15) is 12.3 Å². The third kappa shape index (κ3) is 2.60. The maximum Gasteiger partial charge on any atom is 0.338 e. The molecule has 0 radical (unpaired) electrons. The summed E-state index contributed by atoms with van der Waals surface area (Å²) < 4.78 is 17.2. The van der Waals surface area contributed by atoms with Gasteiger partial charge in [0.05, 0.1) is 19.6 Å². The number of methoxy groups -OCH3 is 1. The molecule has 0 aliphatic carbocycles. The molecule has 0 aromatic heterocycles. The minimum atomic E-state index is -2.29. The van der Waals surface area contributed by atoms with E-state index in [0.717, 1.165) is 0 Å². The Labute approximate surface area is 150 Å². The molecular weight excluding hydrogens is 340 g/mol. The fraction of sp³-hybridized carbons (Fsp3) is 0.824. The number of hydrogen-bond donors (Lipinski definition) is 0. The normalized spacial score (nSPS) is 35.5. The van der Waals surface area contributed by atoms with Crippen LogP contribution in [0.3, 0.4) is 0 Å². The van der Waals surface area contributed by atoms with Gasteiger partial charge in [0.15, 0.2) is 13.9 Å². The molecule has 1 amide bonds. The molecule has 2 fully saturated rings. The lowest BCUT2D eigenvalue weighted by Gasteiger charge is -2.43. The summed E-state index contributed by atoms with van der Waals surface area (Å²) in [7, 11) is -1.03. The van der Waals surface area contributed by atoms with E-state index in [1.807, 2.05) is 40.4 Å². The predicted octanol–water partition coefficient (Wildman–Crippen LogP) is 1.89. The molecule has 2 aliphatic heterocycles. The van der Waals surface area contributed by atoms with Gasteiger partial charge in [-0.15, -0.1) is 0 Å². The molecule has 7 nitrogen and oxygen atoms in total. The van der Waals surface area contributed by atoms with Crippen LogP contribution < -0.4 is 0 Å². The number of carbonyl (C=O) groups excluding carboxylic acids is 2. The molecule has 25 heavy (non-hydrogen) atoms. The Morgan fingerprint density at radius 3 is 2.36 bits per heavy atom. The average Bonchev–Trinajstić information content (AvgIpc) is 2.97. The van der Waals surface area contributed by atoms with E-state index >= 15 is 0 Å². The number of fused-ring (bicyclic) bond motifs is 1. The molecule has 0 bridgehead atoms. The molecule has 0 N–H and O–H groups in total. The Balaban J connectivity index is 2.75. The highest BCUT2D eigenvalue weighted by atomic mass is 28.4. The van der Waals surface area contributed by atoms with E-state index in [0.29, 0.717) is 0 Å². The zero-order valence-electron chi connectivity index (χ0n) is 16.3. The highest BCUT2D eigenvalue weighted by Gasteiger charge is 2.78. The van der Waals surface area contributed by atoms with Crippen LogP contribution in [0.1, 0.15) is 27.7 Å². The van der Waals surface area contributed by atoms with Crippen molar-refractivity contribution in [3.8, 4) is 6.07 Å². The maximum absolute atomic E-state index is 13.2. The predicted molar refractivity (Wildman–Crippen MR) is 92.7 cm³/mol. The van der Waals surface area contributed by atoms with Gasteiger partial charge in [0, 0.05) is 5.41 Å². The van der Waals surface area contributed by atoms with Gasteiger partial charge in [-0.25, -0.2) is 4.79 Å². The lowest BCUT2D eigenvalue weighted by molar-refractivity contribution is -0.163. The van der Waals surface area contributed by atoms with E-state index in [2.05, 4.69) is 6.07 Å². The smallest absolute Gasteiger partial charge is 0.338 e. The summed E-state index contributed by atoms with van der Waals surface area (Å²) in [4.78, 5) is 27.5. The van der Waals surface area contributed by atoms with Gasteiger partial charge < -0.3 is 13.9 Å². The zero-order chi connectivity index (χ0) is 19.4. The number of nitrogens with zero attached hydrogens (tertiary/aromatic N) is 2. The largest absolute Gasteiger partial charge is 0.467 e. The zero-order valence-corrected chi connectivity index (χ0v) is 17.3. The van der Waals surface area contributed by atoms with Crippen molar-refractivity contribution in [3.63, 3.8) is 0 Å². The van der Waals surface area contributed by atoms with E-state index in [9.17, 15) is 14.9 Å². The monoisotopic (exact) mass is 368 g/mol. The molecule has 2 rings (SSSR count). The second-order valence-corrected chi connectivity index (χ2v) is 13.3. The lowest BCUT2D eigenvalue weighted by Crippen LogP contribution is -2.67. The maximum atomic E-state index is 13.2. The number of carbonyl (C=O) groups is 2. The molecule has 2 heterocycles. The summed E-state index contributed by atoms with van der Waals surface area (Å²) in [6.07, 6.45) is -0.637. The standard InChI is InChI=1S/C17H28N2O5Si/c1-11-12(20)19-13(15(2,3)4)23-10-16(19,14(21)22-5)17(11,9-18)24-25(6,7)8/h11,13H,10H2,1-8H3/t11?,13-,16+,17-/m1/s1. The Bertz CT molecular complexity index is 632. The van der Waals surface area contributed by atoms with Crippen LogP contribution in [0.2, 0.25) is 19.6 Å². The van der Waals surface area contributed by atoms with Crippen LogP contribution in [0.4, 0.5) is 0 Å². The first-order valence-corrected chi connectivity index (χ1v) is 11.8. The Kier molecular flexibility index (Phi) is 4.61. The van der Waals surface area contributed by atoms with Crippen molar-refractivity contribution in [2.24, 2.45) is 11.3 Å². The van der Waals surface area contributed by atoms with Crippen molar-refractivity contribution in [2.75, 3.05) is 13.7 Å². The molecular formula is C17H28N2O5Si. The fourth-order valence-corrected chi connectivity index (χ4v) is 5.21. The molecule has 0 aromatic rings. The summed E-state index contributed by atoms with van der Waals surface area (Å²) >= 11 is 0. The minimum Gasteiger partial charge on any atom is -0.467 e. The van der Waals surface area contributed by atoms with E-state index in [1.165, 1.54) is 12.0 Å². The first kappa shape index (κ1) is 19.9. The lowest BCUT2D eigenvalue weighted by atomic mass is 9.77. The second-order valence-electron chi connectivity index (χ2n) is 8.87. The summed E-state index contributed by atoms with van der Waals surface area (Å²) in [5.74, 6) is -1.78. The molecule has 0 aromatic carbocycles. The fourth-order valence-electron chi connectivity index (χ4n) is 3.86. The van der Waals surface area contributed by atoms with Gasteiger partial charge in [-0.1, -0.05) is 20.8 Å². The van der Waals surface area contributed by atoms with Crippen molar-refractivity contribution in [3.05, 3.63) is 0 Å². The average molecular weight is 369 g/mol. The van der Waals surface area contributed by atoms with Crippen LogP contribution in [0, 0.1) is 22.7 Å². The van der Waals surface area contributed by atoms with Crippen LogP contribution in [-0.2, 0) is 23.5 Å². The number of rotatable bonds is 3. The van der Waals surface area contributed by atoms with Gasteiger partial charge >= 0.3 is 5.97 Å². The summed E-state index contributed by atoms with van der Waals surface area (Å²) in [6.45, 7) is 13.1. The van der Waals surface area contributed by atoms with E-state index in [1.54, 1.807) is 6.92 Å². The van der Waals surface area contributed by atoms with Gasteiger partial charge in [-0.05, 0) is 26.6 Å². The molecule has 2 saturated heterocycles. The number of nitriles is 1. The highest BCUT2D eigenvalue weighted by Crippen LogP contribution is 2.54. The van der Waals surface area contributed by atoms with E-state index in [4.69, 9.17) is 13.9 Å². The van der Waals surface area contributed by atoms with Gasteiger partial charge in [0.25, 0.3) is 0 Å². The minimum absolute atomic E-state index is 0.115. The van der Waals surface area contributed by atoms with Crippen LogP contribution >= 0.6 is 0 Å². The highest BCUT2D eigenvalue weighted by molar-refractivity contribution is 6.70. The van der Waals surface area contributed by atoms with Crippen molar-refractivity contribution >= 4 is 20.2 Å². The molecule has 1 unspecified atom stereocenters. The number of amides is 1. The number of ether oxygens (including phenoxy) is 2. The third-order valence-corrected chi connectivity index (χ3v) is 5.76. The summed E-state index contributed by atoms with van der Waals surface area (Å²) in [6, 6.07) is 2.18. The quantitative estimate of drug-likeness (QED) is 0.558. The van der Waals surface area contributed by atoms with Crippen molar-refractivity contribution in [2.45, 2.75) is 64.7 Å². The molecule has 8 heteroatoms. The Morgan fingerprint density at radius 2 is 1.96 bits per heavy atom. The van der Waals surface area contributed by atoms with Crippen molar-refractivity contribution in [1.29, 1.82) is 5.26 Å². The van der Waals surface area contributed by atoms with Crippen molar-refractivity contribution < 1.29 is 23.5 Å². The van der Waals surface area contributed by atoms with Crippen LogP contribution in [0.15, 0.2) is 0 Å². The van der Waals surface area contributed by atoms with E-state index in [-0.39, 0.29) is 12.5 Å². The topological polar surface area (TPSA) is 88.9 Å². The van der Waals surface area contributed by atoms with Crippen LogP contribution in [-0.4, -0.2) is 56.2 Å². The van der Waals surface area contributed by atoms with Crippen LogP contribution in [0.25, 0.3) is 0 Å². The van der Waals surface area contributed by atoms with Gasteiger partial charge in [0.2, 0.25) is 11.4 Å². The van der Waals surface area contributed by atoms with E-state index < -0.39 is 43.0 Å². The van der Waals surface area contributed by atoms with Crippen LogP contribution in [0.5, 0.6) is 0 Å². The molecule has 0 saturated carbocycles. The Morgan fingerprint density at radius 1 is 1.40 bits per heavy atom. The third-order valence-electron chi connectivity index (χ3n) is 4.83. The summed E-state index contributed by atoms with van der Waals surface area (Å²) in [5.41, 5.74) is -3.66. The number of esters is 1. The Hall–Kier alpha value is -1.43. The molecule has 140 valence electrons. The first-order valence-electron chi connectivity index (χ1n) is 8.43. The SMILES string of the molecule is COC(=O)[C@]12CO[C@H](C(C)(C)C)N1C(=O)C(C)[C@@]2(C#N)O[Si](C)(C)C. The second kappa shape index (κ2) is 5.79.